The Labute approximate surface area is 229 Å². The van der Waals surface area contributed by atoms with Crippen LogP contribution < -0.4 is 5.32 Å². The Morgan fingerprint density at radius 3 is 2.75 bits per heavy atom. The van der Waals surface area contributed by atoms with Gasteiger partial charge in [-0.1, -0.05) is 79.3 Å². The summed E-state index contributed by atoms with van der Waals surface area (Å²) in [6, 6.07) is 13.3. The van der Waals surface area contributed by atoms with Crippen molar-refractivity contribution in [3.8, 4) is 17.1 Å². The number of thiazole rings is 1. The summed E-state index contributed by atoms with van der Waals surface area (Å²) in [5, 5.41) is 16.5. The molecule has 0 aliphatic heterocycles. The third kappa shape index (κ3) is 6.48. The van der Waals surface area contributed by atoms with Gasteiger partial charge < -0.3 is 5.32 Å². The van der Waals surface area contributed by atoms with E-state index in [1.807, 2.05) is 54.0 Å². The number of hydrogen-bond donors (Lipinski definition) is 1. The molecular weight excluding hydrogens is 533 g/mol. The van der Waals surface area contributed by atoms with E-state index in [0.29, 0.717) is 39.0 Å². The van der Waals surface area contributed by atoms with Crippen LogP contribution in [0, 0.1) is 6.92 Å². The summed E-state index contributed by atoms with van der Waals surface area (Å²) in [5.41, 5.74) is 3.15. The first kappa shape index (κ1) is 26.7. The van der Waals surface area contributed by atoms with Crippen LogP contribution in [0.25, 0.3) is 17.1 Å². The molecule has 0 spiro atoms. The molecule has 36 heavy (non-hydrogen) atoms. The number of nitrogens with one attached hydrogen (secondary N) is 1. The molecule has 2 heterocycles. The van der Waals surface area contributed by atoms with Gasteiger partial charge in [0, 0.05) is 22.5 Å². The van der Waals surface area contributed by atoms with Crippen molar-refractivity contribution in [2.24, 2.45) is 0 Å². The summed E-state index contributed by atoms with van der Waals surface area (Å²) < 4.78 is 1.98. The van der Waals surface area contributed by atoms with Crippen LogP contribution in [0.15, 0.2) is 53.0 Å². The molecule has 0 saturated carbocycles. The molecule has 188 valence electrons. The molecule has 0 bridgehead atoms. The van der Waals surface area contributed by atoms with Gasteiger partial charge in [-0.3, -0.25) is 9.36 Å². The number of halogens is 2. The van der Waals surface area contributed by atoms with E-state index < -0.39 is 0 Å². The van der Waals surface area contributed by atoms with Gasteiger partial charge in [0.1, 0.15) is 10.7 Å². The second kappa shape index (κ2) is 12.7. The Kier molecular flexibility index (Phi) is 9.42. The molecule has 2 aromatic heterocycles. The molecular formula is C26H27Cl2N5OS2. The lowest BCUT2D eigenvalue weighted by Crippen LogP contribution is -2.24. The number of carbonyl (C=O) groups is 1. The molecule has 6 nitrogen and oxygen atoms in total. The molecule has 4 aromatic rings. The molecule has 0 saturated heterocycles. The number of amides is 1. The highest BCUT2D eigenvalue weighted by Crippen LogP contribution is 2.35. The van der Waals surface area contributed by atoms with Crippen LogP contribution in [0.3, 0.4) is 0 Å². The fraction of sp³-hybridized carbons (Fsp3) is 0.308. The van der Waals surface area contributed by atoms with Crippen molar-refractivity contribution < 1.29 is 4.79 Å². The standard InChI is InChI=1S/C26H27Cl2N5OS2/c1-3-4-5-8-13-29-25(34)21-15-35-23(30-21)16-36-26-32-31-24(19-9-6-7-10-20(19)28)33(26)22-14-18(27)12-11-17(22)2/h6-7,9-12,14-15H,3-5,8,13,16H2,1-2H3,(H,29,34). The molecule has 0 aliphatic carbocycles. The highest BCUT2D eigenvalue weighted by molar-refractivity contribution is 7.98. The SMILES string of the molecule is CCCCCCNC(=O)c1csc(CSc2nnc(-c3ccccc3Cl)n2-c2cc(Cl)ccc2C)n1. The molecule has 10 heteroatoms. The summed E-state index contributed by atoms with van der Waals surface area (Å²) in [7, 11) is 0. The largest absolute Gasteiger partial charge is 0.351 e. The quantitative estimate of drug-likeness (QED) is 0.151. The number of carbonyl (C=O) groups excluding carboxylic acids is 1. The molecule has 2 aromatic carbocycles. The average molecular weight is 561 g/mol. The van der Waals surface area contributed by atoms with Crippen molar-refractivity contribution in [1.29, 1.82) is 0 Å². The number of benzene rings is 2. The molecule has 1 amide bonds. The van der Waals surface area contributed by atoms with Crippen molar-refractivity contribution in [1.82, 2.24) is 25.1 Å². The van der Waals surface area contributed by atoms with Gasteiger partial charge in [-0.05, 0) is 43.2 Å². The predicted octanol–water partition coefficient (Wildman–Crippen LogP) is 7.61. The number of unbranched alkanes of at least 4 members (excludes halogenated alkanes) is 3. The molecule has 0 radical (unpaired) electrons. The summed E-state index contributed by atoms with van der Waals surface area (Å²) in [5.74, 6) is 1.06. The van der Waals surface area contributed by atoms with Gasteiger partial charge in [0.05, 0.1) is 16.5 Å². The fourth-order valence-electron chi connectivity index (χ4n) is 3.67. The third-order valence-corrected chi connectivity index (χ3v) is 8.12. The molecule has 1 N–H and O–H groups in total. The number of nitrogens with zero attached hydrogens (tertiary/aromatic N) is 4. The van der Waals surface area contributed by atoms with Crippen molar-refractivity contribution in [2.75, 3.05) is 6.54 Å². The first-order valence-electron chi connectivity index (χ1n) is 11.8. The summed E-state index contributed by atoms with van der Waals surface area (Å²) in [6.07, 6.45) is 4.47. The lowest BCUT2D eigenvalue weighted by molar-refractivity contribution is 0.0948. The number of aryl methyl sites for hydroxylation is 1. The van der Waals surface area contributed by atoms with Crippen LogP contribution >= 0.6 is 46.3 Å². The van der Waals surface area contributed by atoms with Crippen molar-refractivity contribution in [3.05, 3.63) is 74.2 Å². The highest BCUT2D eigenvalue weighted by Gasteiger charge is 2.20. The van der Waals surface area contributed by atoms with Crippen LogP contribution in [-0.2, 0) is 5.75 Å². The maximum Gasteiger partial charge on any atom is 0.270 e. The van der Waals surface area contributed by atoms with Crippen LogP contribution in [0.2, 0.25) is 10.0 Å². The Balaban J connectivity index is 1.54. The lowest BCUT2D eigenvalue weighted by atomic mass is 10.1. The Hall–Kier alpha value is -2.39. The lowest BCUT2D eigenvalue weighted by Gasteiger charge is -2.14. The maximum absolute atomic E-state index is 12.4. The summed E-state index contributed by atoms with van der Waals surface area (Å²) in [6.45, 7) is 4.86. The van der Waals surface area contributed by atoms with E-state index in [0.717, 1.165) is 34.7 Å². The first-order chi connectivity index (χ1) is 17.5. The van der Waals surface area contributed by atoms with Gasteiger partial charge in [-0.15, -0.1) is 21.5 Å². The topological polar surface area (TPSA) is 72.7 Å². The van der Waals surface area contributed by atoms with E-state index in [2.05, 4.69) is 27.4 Å². The monoisotopic (exact) mass is 559 g/mol. The van der Waals surface area contributed by atoms with E-state index in [4.69, 9.17) is 23.2 Å². The molecule has 0 fully saturated rings. The van der Waals surface area contributed by atoms with Gasteiger partial charge in [0.15, 0.2) is 11.0 Å². The number of rotatable bonds is 11. The van der Waals surface area contributed by atoms with Crippen LogP contribution in [0.4, 0.5) is 0 Å². The third-order valence-electron chi connectivity index (χ3n) is 5.59. The second-order valence-corrected chi connectivity index (χ2v) is 11.0. The minimum atomic E-state index is -0.127. The Morgan fingerprint density at radius 2 is 1.94 bits per heavy atom. The molecule has 4 rings (SSSR count). The number of thioether (sulfide) groups is 1. The zero-order valence-electron chi connectivity index (χ0n) is 20.1. The Bertz CT molecular complexity index is 1340. The number of hydrogen-bond acceptors (Lipinski definition) is 6. The van der Waals surface area contributed by atoms with E-state index in [1.54, 1.807) is 5.38 Å². The minimum absolute atomic E-state index is 0.127. The predicted molar refractivity (Wildman–Crippen MR) is 150 cm³/mol. The first-order valence-corrected chi connectivity index (χ1v) is 14.4. The summed E-state index contributed by atoms with van der Waals surface area (Å²) in [4.78, 5) is 17.0. The van der Waals surface area contributed by atoms with Crippen LogP contribution in [0.1, 0.15) is 53.7 Å². The highest BCUT2D eigenvalue weighted by atomic mass is 35.5. The molecule has 0 atom stereocenters. The van der Waals surface area contributed by atoms with Gasteiger partial charge in [-0.25, -0.2) is 4.98 Å². The van der Waals surface area contributed by atoms with Gasteiger partial charge in [0.2, 0.25) is 0 Å². The van der Waals surface area contributed by atoms with Crippen LogP contribution in [-0.4, -0.2) is 32.2 Å². The van der Waals surface area contributed by atoms with Crippen molar-refractivity contribution in [2.45, 2.75) is 50.4 Å². The summed E-state index contributed by atoms with van der Waals surface area (Å²) >= 11 is 15.8. The second-order valence-electron chi connectivity index (χ2n) is 8.28. The minimum Gasteiger partial charge on any atom is -0.351 e. The van der Waals surface area contributed by atoms with E-state index in [-0.39, 0.29) is 5.91 Å². The van der Waals surface area contributed by atoms with E-state index in [9.17, 15) is 4.79 Å². The zero-order valence-corrected chi connectivity index (χ0v) is 23.3. The maximum atomic E-state index is 12.4. The molecule has 0 unspecified atom stereocenters. The van der Waals surface area contributed by atoms with Gasteiger partial charge in [0.25, 0.3) is 5.91 Å². The van der Waals surface area contributed by atoms with E-state index in [1.165, 1.54) is 35.9 Å². The normalized spacial score (nSPS) is 11.1. The fourth-order valence-corrected chi connectivity index (χ4v) is 5.80. The van der Waals surface area contributed by atoms with Crippen LogP contribution in [0.5, 0.6) is 0 Å². The molecule has 0 aliphatic rings. The van der Waals surface area contributed by atoms with Crippen molar-refractivity contribution >= 4 is 52.2 Å². The Morgan fingerprint density at radius 1 is 1.11 bits per heavy atom. The van der Waals surface area contributed by atoms with Gasteiger partial charge >= 0.3 is 0 Å². The van der Waals surface area contributed by atoms with E-state index >= 15 is 0 Å². The number of aromatic nitrogens is 4. The van der Waals surface area contributed by atoms with Crippen molar-refractivity contribution in [3.63, 3.8) is 0 Å². The van der Waals surface area contributed by atoms with Gasteiger partial charge in [-0.2, -0.15) is 0 Å². The average Bonchev–Trinajstić information content (AvgIpc) is 3.51. The smallest absolute Gasteiger partial charge is 0.270 e. The zero-order chi connectivity index (χ0) is 25.5.